The van der Waals surface area contributed by atoms with Gasteiger partial charge in [0.15, 0.2) is 6.54 Å². The van der Waals surface area contributed by atoms with Crippen molar-refractivity contribution in [2.24, 2.45) is 0 Å². The topological polar surface area (TPSA) is 45.7 Å². The number of benzene rings is 2. The second kappa shape index (κ2) is 7.38. The van der Waals surface area contributed by atoms with Crippen LogP contribution >= 0.6 is 11.6 Å². The van der Waals surface area contributed by atoms with Gasteiger partial charge in [0.1, 0.15) is 11.9 Å². The van der Waals surface area contributed by atoms with Crippen molar-refractivity contribution in [1.82, 2.24) is 0 Å². The summed E-state index contributed by atoms with van der Waals surface area (Å²) >= 11 is 6.13. The largest absolute Gasteiger partial charge is 0.332 e. The highest BCUT2D eigenvalue weighted by molar-refractivity contribution is 6.31. The van der Waals surface area contributed by atoms with Gasteiger partial charge in [0, 0.05) is 16.3 Å². The Morgan fingerprint density at radius 3 is 2.73 bits per heavy atom. The van der Waals surface area contributed by atoms with Crippen LogP contribution < -0.4 is 10.6 Å². The Balaban J connectivity index is 1.90. The molecule has 0 heterocycles. The number of hydrogen-bond donors (Lipinski definition) is 2. The SMILES string of the molecule is Cc1ccc(NC(=O)C[NH2+][C@@H](C)c2ccccc2Cl)cc1F. The molecule has 0 aliphatic heterocycles. The summed E-state index contributed by atoms with van der Waals surface area (Å²) in [5.41, 5.74) is 2.00. The summed E-state index contributed by atoms with van der Waals surface area (Å²) in [6.07, 6.45) is 0. The van der Waals surface area contributed by atoms with Gasteiger partial charge in [-0.05, 0) is 37.6 Å². The fourth-order valence-electron chi connectivity index (χ4n) is 2.14. The van der Waals surface area contributed by atoms with Crippen LogP contribution in [0.25, 0.3) is 0 Å². The highest BCUT2D eigenvalue weighted by Crippen LogP contribution is 2.19. The lowest BCUT2D eigenvalue weighted by atomic mass is 10.1. The molecule has 116 valence electrons. The van der Waals surface area contributed by atoms with Crippen molar-refractivity contribution < 1.29 is 14.5 Å². The van der Waals surface area contributed by atoms with Crippen LogP contribution in [-0.4, -0.2) is 12.5 Å². The van der Waals surface area contributed by atoms with Gasteiger partial charge in [0.2, 0.25) is 0 Å². The van der Waals surface area contributed by atoms with Crippen molar-refractivity contribution in [1.29, 1.82) is 0 Å². The molecule has 0 unspecified atom stereocenters. The van der Waals surface area contributed by atoms with E-state index in [1.54, 1.807) is 19.1 Å². The molecule has 0 aromatic heterocycles. The number of amides is 1. The average molecular weight is 322 g/mol. The highest BCUT2D eigenvalue weighted by Gasteiger charge is 2.14. The van der Waals surface area contributed by atoms with Gasteiger partial charge in [-0.2, -0.15) is 0 Å². The van der Waals surface area contributed by atoms with Crippen molar-refractivity contribution >= 4 is 23.2 Å². The van der Waals surface area contributed by atoms with E-state index in [-0.39, 0.29) is 24.3 Å². The van der Waals surface area contributed by atoms with Crippen molar-refractivity contribution in [3.8, 4) is 0 Å². The molecule has 2 aromatic carbocycles. The molecule has 22 heavy (non-hydrogen) atoms. The number of halogens is 2. The van der Waals surface area contributed by atoms with E-state index in [0.717, 1.165) is 5.56 Å². The first-order chi connectivity index (χ1) is 10.5. The van der Waals surface area contributed by atoms with Crippen LogP contribution in [0.15, 0.2) is 42.5 Å². The quantitative estimate of drug-likeness (QED) is 0.873. The minimum Gasteiger partial charge on any atom is -0.332 e. The first kappa shape index (κ1) is 16.5. The molecule has 0 radical (unpaired) electrons. The van der Waals surface area contributed by atoms with E-state index in [0.29, 0.717) is 16.3 Å². The van der Waals surface area contributed by atoms with Crippen molar-refractivity contribution in [3.63, 3.8) is 0 Å². The molecule has 0 saturated carbocycles. The summed E-state index contributed by atoms with van der Waals surface area (Å²) in [5, 5.41) is 5.27. The van der Waals surface area contributed by atoms with Crippen LogP contribution in [0, 0.1) is 12.7 Å². The lowest BCUT2D eigenvalue weighted by molar-refractivity contribution is -0.682. The Morgan fingerprint density at radius 2 is 2.05 bits per heavy atom. The van der Waals surface area contributed by atoms with Crippen LogP contribution in [0.2, 0.25) is 5.02 Å². The van der Waals surface area contributed by atoms with Crippen LogP contribution in [-0.2, 0) is 4.79 Å². The van der Waals surface area contributed by atoms with Gasteiger partial charge in [-0.3, -0.25) is 4.79 Å². The molecule has 2 aromatic rings. The number of aryl methyl sites for hydroxylation is 1. The third kappa shape index (κ3) is 4.29. The molecule has 1 atom stereocenters. The van der Waals surface area contributed by atoms with E-state index in [9.17, 15) is 9.18 Å². The van der Waals surface area contributed by atoms with Gasteiger partial charge in [-0.15, -0.1) is 0 Å². The van der Waals surface area contributed by atoms with E-state index >= 15 is 0 Å². The zero-order valence-corrected chi connectivity index (χ0v) is 13.3. The number of anilines is 1. The summed E-state index contributed by atoms with van der Waals surface area (Å²) < 4.78 is 13.4. The van der Waals surface area contributed by atoms with Crippen molar-refractivity contribution in [3.05, 3.63) is 64.4 Å². The number of nitrogens with two attached hydrogens (primary N) is 1. The lowest BCUT2D eigenvalue weighted by Crippen LogP contribution is -2.86. The summed E-state index contributed by atoms with van der Waals surface area (Å²) in [6.45, 7) is 3.90. The normalized spacial score (nSPS) is 12.0. The fraction of sp³-hybridized carbons (Fsp3) is 0.235. The molecule has 0 fully saturated rings. The van der Waals surface area contributed by atoms with E-state index in [4.69, 9.17) is 11.6 Å². The number of nitrogens with one attached hydrogen (secondary N) is 1. The number of carbonyl (C=O) groups is 1. The van der Waals surface area contributed by atoms with Crippen LogP contribution in [0.1, 0.15) is 24.1 Å². The molecule has 5 heteroatoms. The number of hydrogen-bond acceptors (Lipinski definition) is 1. The van der Waals surface area contributed by atoms with Gasteiger partial charge in [-0.25, -0.2) is 4.39 Å². The monoisotopic (exact) mass is 321 g/mol. The van der Waals surface area contributed by atoms with Gasteiger partial charge in [0.05, 0.1) is 0 Å². The minimum atomic E-state index is -0.328. The highest BCUT2D eigenvalue weighted by atomic mass is 35.5. The van der Waals surface area contributed by atoms with Crippen molar-refractivity contribution in [2.45, 2.75) is 19.9 Å². The molecule has 0 aliphatic rings. The van der Waals surface area contributed by atoms with Crippen molar-refractivity contribution in [2.75, 3.05) is 11.9 Å². The van der Waals surface area contributed by atoms with Crippen LogP contribution in [0.3, 0.4) is 0 Å². The summed E-state index contributed by atoms with van der Waals surface area (Å²) in [5.74, 6) is -0.506. The van der Waals surface area contributed by atoms with E-state index < -0.39 is 0 Å². The first-order valence-electron chi connectivity index (χ1n) is 7.11. The number of rotatable bonds is 5. The molecular formula is C17H19ClFN2O+. The Morgan fingerprint density at radius 1 is 1.32 bits per heavy atom. The van der Waals surface area contributed by atoms with E-state index in [2.05, 4.69) is 5.32 Å². The third-order valence-electron chi connectivity index (χ3n) is 3.51. The molecule has 0 aliphatic carbocycles. The van der Waals surface area contributed by atoms with Gasteiger partial charge >= 0.3 is 0 Å². The minimum absolute atomic E-state index is 0.0641. The Labute approximate surface area is 134 Å². The molecular weight excluding hydrogens is 303 g/mol. The molecule has 1 amide bonds. The first-order valence-corrected chi connectivity index (χ1v) is 7.49. The van der Waals surface area contributed by atoms with E-state index in [1.807, 2.05) is 36.5 Å². The predicted octanol–water partition coefficient (Wildman–Crippen LogP) is 3.05. The summed E-state index contributed by atoms with van der Waals surface area (Å²) in [4.78, 5) is 11.9. The Hall–Kier alpha value is -1.91. The van der Waals surface area contributed by atoms with Gasteiger partial charge in [-0.1, -0.05) is 35.9 Å². The lowest BCUT2D eigenvalue weighted by Gasteiger charge is -2.12. The van der Waals surface area contributed by atoms with Gasteiger partial charge < -0.3 is 10.6 Å². The summed E-state index contributed by atoms with van der Waals surface area (Å²) in [6, 6.07) is 12.3. The molecule has 0 saturated heterocycles. The zero-order chi connectivity index (χ0) is 16.1. The Bertz CT molecular complexity index is 675. The predicted molar refractivity (Wildman–Crippen MR) is 86.4 cm³/mol. The average Bonchev–Trinajstić information content (AvgIpc) is 2.49. The fourth-order valence-corrected chi connectivity index (χ4v) is 2.45. The second-order valence-electron chi connectivity index (χ2n) is 5.26. The number of carbonyl (C=O) groups excluding carboxylic acids is 1. The molecule has 3 N–H and O–H groups in total. The maximum atomic E-state index is 13.4. The number of quaternary nitrogens is 1. The second-order valence-corrected chi connectivity index (χ2v) is 5.67. The molecule has 0 bridgehead atoms. The van der Waals surface area contributed by atoms with Gasteiger partial charge in [0.25, 0.3) is 5.91 Å². The third-order valence-corrected chi connectivity index (χ3v) is 3.85. The Kier molecular flexibility index (Phi) is 5.52. The summed E-state index contributed by atoms with van der Waals surface area (Å²) in [7, 11) is 0. The van der Waals surface area contributed by atoms with Crippen LogP contribution in [0.5, 0.6) is 0 Å². The molecule has 3 nitrogen and oxygen atoms in total. The maximum Gasteiger partial charge on any atom is 0.279 e. The zero-order valence-electron chi connectivity index (χ0n) is 12.6. The molecule has 2 rings (SSSR count). The molecule has 0 spiro atoms. The maximum absolute atomic E-state index is 13.4. The van der Waals surface area contributed by atoms with Crippen LogP contribution in [0.4, 0.5) is 10.1 Å². The standard InChI is InChI=1S/C17H18ClFN2O/c1-11-7-8-13(9-16(11)19)21-17(22)10-20-12(2)14-5-3-4-6-15(14)18/h3-9,12,20H,10H2,1-2H3,(H,21,22)/p+1/t12-/m0/s1. The smallest absolute Gasteiger partial charge is 0.279 e. The van der Waals surface area contributed by atoms with E-state index in [1.165, 1.54) is 6.07 Å².